The van der Waals surface area contributed by atoms with Crippen LogP contribution in [-0.2, 0) is 6.61 Å². The topological polar surface area (TPSA) is 50.3 Å². The Kier molecular flexibility index (Phi) is 5.71. The Balaban J connectivity index is 1.40. The van der Waals surface area contributed by atoms with E-state index in [0.717, 1.165) is 47.5 Å². The maximum atomic E-state index is 5.85. The molecule has 2 aromatic carbocycles. The molecular formula is C23H26N4O. The number of aromatic nitrogens is 2. The molecule has 5 nitrogen and oxygen atoms in total. The van der Waals surface area contributed by atoms with E-state index < -0.39 is 0 Å². The summed E-state index contributed by atoms with van der Waals surface area (Å²) in [4.78, 5) is 11.6. The van der Waals surface area contributed by atoms with Crippen LogP contribution >= 0.6 is 0 Å². The van der Waals surface area contributed by atoms with E-state index in [1.807, 2.05) is 55.5 Å². The van der Waals surface area contributed by atoms with Gasteiger partial charge in [-0.2, -0.15) is 4.98 Å². The Hall–Kier alpha value is -3.08. The van der Waals surface area contributed by atoms with Gasteiger partial charge >= 0.3 is 0 Å². The van der Waals surface area contributed by atoms with Crippen LogP contribution in [0.25, 0.3) is 0 Å². The molecule has 1 aliphatic heterocycles. The van der Waals surface area contributed by atoms with Crippen molar-refractivity contribution in [2.24, 2.45) is 0 Å². The van der Waals surface area contributed by atoms with Crippen molar-refractivity contribution >= 4 is 17.5 Å². The molecule has 4 rings (SSSR count). The number of rotatable bonds is 6. The molecule has 0 aliphatic carbocycles. The lowest BCUT2D eigenvalue weighted by Gasteiger charge is -2.27. The first kappa shape index (κ1) is 18.3. The summed E-state index contributed by atoms with van der Waals surface area (Å²) in [6.07, 6.45) is 3.72. The first-order valence-electron chi connectivity index (χ1n) is 9.91. The fraction of sp³-hybridized carbons (Fsp3) is 0.304. The highest BCUT2D eigenvalue weighted by Crippen LogP contribution is 2.23. The summed E-state index contributed by atoms with van der Waals surface area (Å²) in [5, 5.41) is 3.39. The zero-order valence-corrected chi connectivity index (χ0v) is 16.3. The van der Waals surface area contributed by atoms with Gasteiger partial charge in [0.1, 0.15) is 18.2 Å². The van der Waals surface area contributed by atoms with Crippen LogP contribution in [0, 0.1) is 6.92 Å². The van der Waals surface area contributed by atoms with Gasteiger partial charge in [0, 0.05) is 30.5 Å². The molecule has 1 aliphatic rings. The van der Waals surface area contributed by atoms with Crippen molar-refractivity contribution < 1.29 is 4.74 Å². The van der Waals surface area contributed by atoms with E-state index in [1.54, 1.807) is 0 Å². The summed E-state index contributed by atoms with van der Waals surface area (Å²) < 4.78 is 5.85. The van der Waals surface area contributed by atoms with Crippen molar-refractivity contribution in [2.45, 2.75) is 32.8 Å². The van der Waals surface area contributed by atoms with Crippen molar-refractivity contribution in [1.29, 1.82) is 0 Å². The monoisotopic (exact) mass is 374 g/mol. The second-order valence-corrected chi connectivity index (χ2v) is 7.17. The summed E-state index contributed by atoms with van der Waals surface area (Å²) in [6, 6.07) is 20.1. The number of piperidine rings is 1. The third kappa shape index (κ3) is 4.80. The minimum Gasteiger partial charge on any atom is -0.489 e. The lowest BCUT2D eigenvalue weighted by atomic mass is 10.1. The molecule has 144 valence electrons. The van der Waals surface area contributed by atoms with E-state index >= 15 is 0 Å². The fourth-order valence-electron chi connectivity index (χ4n) is 3.38. The molecule has 0 amide bonds. The van der Waals surface area contributed by atoms with Gasteiger partial charge in [-0.3, -0.25) is 0 Å². The number of anilines is 3. The van der Waals surface area contributed by atoms with E-state index in [1.165, 1.54) is 19.3 Å². The molecule has 0 spiro atoms. The highest BCUT2D eigenvalue weighted by Gasteiger charge is 2.14. The smallest absolute Gasteiger partial charge is 0.227 e. The normalized spacial score (nSPS) is 14.0. The molecule has 0 saturated carbocycles. The van der Waals surface area contributed by atoms with Gasteiger partial charge in [0.2, 0.25) is 5.95 Å². The molecule has 0 radical (unpaired) electrons. The summed E-state index contributed by atoms with van der Waals surface area (Å²) in [6.45, 7) is 4.66. The van der Waals surface area contributed by atoms with Gasteiger partial charge in [-0.25, -0.2) is 4.98 Å². The fourth-order valence-corrected chi connectivity index (χ4v) is 3.38. The predicted molar refractivity (Wildman–Crippen MR) is 113 cm³/mol. The standard InChI is InChI=1S/C23H26N4O/c1-18-16-22(26-23(24-18)27-14-6-3-7-15-27)25-20-10-12-21(13-11-20)28-17-19-8-4-2-5-9-19/h2,4-5,8-13,16H,3,6-7,14-15,17H2,1H3,(H,24,25,26). The van der Waals surface area contributed by atoms with E-state index in [4.69, 9.17) is 9.72 Å². The molecule has 1 N–H and O–H groups in total. The minimum atomic E-state index is 0.567. The average Bonchev–Trinajstić information content (AvgIpc) is 2.74. The number of benzene rings is 2. The van der Waals surface area contributed by atoms with Gasteiger partial charge < -0.3 is 15.0 Å². The molecule has 2 heterocycles. The Labute approximate surface area is 166 Å². The van der Waals surface area contributed by atoms with Crippen molar-refractivity contribution in [3.8, 4) is 5.75 Å². The molecule has 1 saturated heterocycles. The minimum absolute atomic E-state index is 0.567. The van der Waals surface area contributed by atoms with Gasteiger partial charge in [-0.05, 0) is 56.0 Å². The molecule has 0 unspecified atom stereocenters. The molecule has 1 fully saturated rings. The van der Waals surface area contributed by atoms with Crippen LogP contribution in [0.4, 0.5) is 17.5 Å². The Morgan fingerprint density at radius 3 is 2.43 bits per heavy atom. The van der Waals surface area contributed by atoms with Crippen LogP contribution in [0.3, 0.4) is 0 Å². The second-order valence-electron chi connectivity index (χ2n) is 7.17. The summed E-state index contributed by atoms with van der Waals surface area (Å²) in [5.74, 6) is 2.50. The average molecular weight is 374 g/mol. The summed E-state index contributed by atoms with van der Waals surface area (Å²) in [5.41, 5.74) is 3.11. The molecule has 5 heteroatoms. The number of aryl methyl sites for hydroxylation is 1. The number of ether oxygens (including phenoxy) is 1. The number of hydrogen-bond acceptors (Lipinski definition) is 5. The highest BCUT2D eigenvalue weighted by atomic mass is 16.5. The lowest BCUT2D eigenvalue weighted by molar-refractivity contribution is 0.306. The largest absolute Gasteiger partial charge is 0.489 e. The molecule has 0 bridgehead atoms. The summed E-state index contributed by atoms with van der Waals surface area (Å²) >= 11 is 0. The predicted octanol–water partition coefficient (Wildman–Crippen LogP) is 5.10. The van der Waals surface area contributed by atoms with Crippen molar-refractivity contribution in [1.82, 2.24) is 9.97 Å². The third-order valence-electron chi connectivity index (χ3n) is 4.86. The van der Waals surface area contributed by atoms with Gasteiger partial charge in [0.15, 0.2) is 0 Å². The van der Waals surface area contributed by atoms with E-state index in [-0.39, 0.29) is 0 Å². The van der Waals surface area contributed by atoms with Gasteiger partial charge in [0.05, 0.1) is 0 Å². The Morgan fingerprint density at radius 2 is 1.68 bits per heavy atom. The maximum Gasteiger partial charge on any atom is 0.227 e. The third-order valence-corrected chi connectivity index (χ3v) is 4.86. The van der Waals surface area contributed by atoms with E-state index in [0.29, 0.717) is 6.61 Å². The number of nitrogens with zero attached hydrogens (tertiary/aromatic N) is 3. The quantitative estimate of drug-likeness (QED) is 0.651. The van der Waals surface area contributed by atoms with Crippen LogP contribution in [0.5, 0.6) is 5.75 Å². The maximum absolute atomic E-state index is 5.85. The second kappa shape index (κ2) is 8.74. The zero-order chi connectivity index (χ0) is 19.2. The zero-order valence-electron chi connectivity index (χ0n) is 16.3. The van der Waals surface area contributed by atoms with E-state index in [9.17, 15) is 0 Å². The van der Waals surface area contributed by atoms with Crippen LogP contribution in [0.2, 0.25) is 0 Å². The Morgan fingerprint density at radius 1 is 0.929 bits per heavy atom. The molecular weight excluding hydrogens is 348 g/mol. The Bertz CT molecular complexity index is 890. The van der Waals surface area contributed by atoms with Gasteiger partial charge in [-0.1, -0.05) is 30.3 Å². The van der Waals surface area contributed by atoms with Crippen LogP contribution in [-0.4, -0.2) is 23.1 Å². The molecule has 28 heavy (non-hydrogen) atoms. The van der Waals surface area contributed by atoms with Crippen molar-refractivity contribution in [3.05, 3.63) is 71.9 Å². The lowest BCUT2D eigenvalue weighted by Crippen LogP contribution is -2.31. The van der Waals surface area contributed by atoms with Gasteiger partial charge in [-0.15, -0.1) is 0 Å². The first-order chi connectivity index (χ1) is 13.8. The molecule has 1 aromatic heterocycles. The van der Waals surface area contributed by atoms with Crippen molar-refractivity contribution in [2.75, 3.05) is 23.3 Å². The summed E-state index contributed by atoms with van der Waals surface area (Å²) in [7, 11) is 0. The van der Waals surface area contributed by atoms with Crippen LogP contribution < -0.4 is 15.0 Å². The number of nitrogens with one attached hydrogen (secondary N) is 1. The SMILES string of the molecule is Cc1cc(Nc2ccc(OCc3ccccc3)cc2)nc(N2CCCCC2)n1. The highest BCUT2D eigenvalue weighted by molar-refractivity contribution is 5.58. The van der Waals surface area contributed by atoms with Crippen LogP contribution in [0.1, 0.15) is 30.5 Å². The van der Waals surface area contributed by atoms with Crippen molar-refractivity contribution in [3.63, 3.8) is 0 Å². The first-order valence-corrected chi connectivity index (χ1v) is 9.91. The van der Waals surface area contributed by atoms with Gasteiger partial charge in [0.25, 0.3) is 0 Å². The van der Waals surface area contributed by atoms with E-state index in [2.05, 4.69) is 27.3 Å². The number of hydrogen-bond donors (Lipinski definition) is 1. The molecule has 3 aromatic rings. The van der Waals surface area contributed by atoms with Crippen LogP contribution in [0.15, 0.2) is 60.7 Å². The molecule has 0 atom stereocenters.